The van der Waals surface area contributed by atoms with Crippen molar-refractivity contribution in [2.24, 2.45) is 0 Å². The van der Waals surface area contributed by atoms with Crippen molar-refractivity contribution in [1.82, 2.24) is 4.90 Å². The normalized spacial score (nSPS) is 12.2. The molecule has 0 saturated heterocycles. The van der Waals surface area contributed by atoms with Crippen LogP contribution >= 0.6 is 0 Å². The number of carbonyl (C=O) groups is 2. The molecule has 1 aromatic heterocycles. The Balaban J connectivity index is 1.73. The topological polar surface area (TPSA) is 80.0 Å². The Kier molecular flexibility index (Phi) is 8.27. The Labute approximate surface area is 204 Å². The molecular weight excluding hydrogens is 430 g/mol. The second kappa shape index (κ2) is 12.6. The number of rotatable bonds is 13. The molecule has 1 N–H and O–H groups in total. The fourth-order valence-electron chi connectivity index (χ4n) is 3.50. The number of hydrogen-bond donors (Lipinski definition) is 1. The summed E-state index contributed by atoms with van der Waals surface area (Å²) in [4.78, 5) is 25.4. The van der Waals surface area contributed by atoms with Gasteiger partial charge in [-0.2, -0.15) is 0 Å². The third-order valence-corrected chi connectivity index (χ3v) is 5.34. The van der Waals surface area contributed by atoms with Crippen molar-refractivity contribution in [2.75, 3.05) is 6.61 Å². The van der Waals surface area contributed by atoms with Crippen molar-refractivity contribution in [3.63, 3.8) is 0 Å². The second-order valence-corrected chi connectivity index (χ2v) is 8.34. The van der Waals surface area contributed by atoms with E-state index in [1.54, 1.807) is 74.7 Å². The Morgan fingerprint density at radius 1 is 1.00 bits per heavy atom. The molecule has 0 saturated carbocycles. The van der Waals surface area contributed by atoms with E-state index in [4.69, 9.17) is 17.0 Å². The number of aliphatic carboxylic acids is 1. The fraction of sp³-hybridized carbons (Fsp3) is 0.357. The lowest BCUT2D eigenvalue weighted by atomic mass is 10.1. The summed E-state index contributed by atoms with van der Waals surface area (Å²) in [5.41, 5.74) is 1.49. The van der Waals surface area contributed by atoms with Gasteiger partial charge in [-0.15, -0.1) is 0 Å². The van der Waals surface area contributed by atoms with Crippen LogP contribution in [0.4, 0.5) is 0 Å². The fourth-order valence-corrected chi connectivity index (χ4v) is 3.50. The van der Waals surface area contributed by atoms with Crippen LogP contribution < -0.4 is 4.74 Å². The molecule has 0 bridgehead atoms. The van der Waals surface area contributed by atoms with Crippen molar-refractivity contribution in [1.29, 1.82) is 0 Å². The van der Waals surface area contributed by atoms with E-state index in [0.29, 0.717) is 30.1 Å². The number of nitrogens with zero attached hydrogens (tertiary/aromatic N) is 1. The van der Waals surface area contributed by atoms with E-state index in [-0.39, 0.29) is 12.0 Å². The molecule has 0 aliphatic rings. The first-order valence-corrected chi connectivity index (χ1v) is 11.6. The number of amides is 1. The van der Waals surface area contributed by atoms with E-state index < -0.39 is 24.4 Å². The first-order valence-electron chi connectivity index (χ1n) is 12.6. The van der Waals surface area contributed by atoms with Crippen LogP contribution in [0.5, 0.6) is 5.75 Å². The number of ether oxygens (including phenoxy) is 1. The Morgan fingerprint density at radius 2 is 1.74 bits per heavy atom. The van der Waals surface area contributed by atoms with Gasteiger partial charge in [0.15, 0.2) is 0 Å². The molecule has 0 spiro atoms. The van der Waals surface area contributed by atoms with Crippen LogP contribution in [0.25, 0.3) is 11.3 Å². The summed E-state index contributed by atoms with van der Waals surface area (Å²) in [6, 6.07) is 17.0. The van der Waals surface area contributed by atoms with E-state index in [0.717, 1.165) is 24.8 Å². The maximum atomic E-state index is 13.5. The SMILES string of the molecule is [2H]C([2H])(c1ccccc1OCCCCCCC(=O)O)N(C(=O)c1ccc(-c2ccco2)cc1)C(C)C. The van der Waals surface area contributed by atoms with Gasteiger partial charge in [-0.1, -0.05) is 43.2 Å². The van der Waals surface area contributed by atoms with Gasteiger partial charge in [0.05, 0.1) is 15.6 Å². The first kappa shape index (κ1) is 22.3. The zero-order valence-corrected chi connectivity index (χ0v) is 19.7. The number of unbranched alkanes of at least 4 members (excludes halogenated alkanes) is 3. The number of carboxylic acids is 1. The van der Waals surface area contributed by atoms with Crippen molar-refractivity contribution in [3.8, 4) is 17.1 Å². The van der Waals surface area contributed by atoms with Gasteiger partial charge in [-0.25, -0.2) is 0 Å². The quantitative estimate of drug-likeness (QED) is 0.295. The molecule has 0 radical (unpaired) electrons. The van der Waals surface area contributed by atoms with Gasteiger partial charge in [-0.3, -0.25) is 9.59 Å². The Morgan fingerprint density at radius 3 is 2.41 bits per heavy atom. The van der Waals surface area contributed by atoms with E-state index in [1.807, 2.05) is 6.07 Å². The molecule has 0 aliphatic carbocycles. The average molecular weight is 466 g/mol. The van der Waals surface area contributed by atoms with Crippen LogP contribution in [0.3, 0.4) is 0 Å². The van der Waals surface area contributed by atoms with Crippen LogP contribution in [0.15, 0.2) is 71.3 Å². The lowest BCUT2D eigenvalue weighted by molar-refractivity contribution is -0.137. The molecule has 1 heterocycles. The Hall–Kier alpha value is -3.54. The van der Waals surface area contributed by atoms with Gasteiger partial charge in [0, 0.05) is 35.6 Å². The van der Waals surface area contributed by atoms with Crippen molar-refractivity contribution in [3.05, 3.63) is 78.1 Å². The minimum Gasteiger partial charge on any atom is -0.493 e. The van der Waals surface area contributed by atoms with Crippen molar-refractivity contribution >= 4 is 11.9 Å². The molecular formula is C28H33NO5. The summed E-state index contributed by atoms with van der Waals surface area (Å²) in [6.45, 7) is 1.83. The Bertz CT molecular complexity index is 1130. The summed E-state index contributed by atoms with van der Waals surface area (Å²) in [6.07, 6.45) is 4.73. The van der Waals surface area contributed by atoms with Crippen LogP contribution in [0.1, 0.15) is 64.6 Å². The van der Waals surface area contributed by atoms with E-state index in [1.165, 1.54) is 4.90 Å². The van der Waals surface area contributed by atoms with Crippen LogP contribution in [-0.4, -0.2) is 34.5 Å². The standard InChI is InChI=1S/C28H33NO5/c1-21(2)29(28(32)23-16-14-22(15-17-23)25-12-9-19-34-25)20-24-10-6-7-11-26(24)33-18-8-4-3-5-13-27(30)31/h6-7,9-12,14-17,19,21H,3-5,8,13,18,20H2,1-2H3,(H,30,31)/i20D2. The lowest BCUT2D eigenvalue weighted by Gasteiger charge is -2.28. The molecule has 1 amide bonds. The molecule has 0 aliphatic heterocycles. The molecule has 6 heteroatoms. The highest BCUT2D eigenvalue weighted by Gasteiger charge is 2.21. The summed E-state index contributed by atoms with van der Waals surface area (Å²) in [5, 5.41) is 8.73. The van der Waals surface area contributed by atoms with Crippen LogP contribution in [0, 0.1) is 0 Å². The van der Waals surface area contributed by atoms with Gasteiger partial charge in [0.2, 0.25) is 0 Å². The van der Waals surface area contributed by atoms with Gasteiger partial charge < -0.3 is 19.2 Å². The summed E-state index contributed by atoms with van der Waals surface area (Å²) in [7, 11) is 0. The molecule has 0 unspecified atom stereocenters. The predicted octanol–water partition coefficient (Wildman–Crippen LogP) is 6.41. The van der Waals surface area contributed by atoms with Gasteiger partial charge in [-0.05, 0) is 57.0 Å². The molecule has 3 rings (SSSR count). The predicted molar refractivity (Wildman–Crippen MR) is 132 cm³/mol. The molecule has 0 atom stereocenters. The lowest BCUT2D eigenvalue weighted by Crippen LogP contribution is -2.36. The highest BCUT2D eigenvalue weighted by Crippen LogP contribution is 2.24. The number of carboxylic acid groups (broad SMARTS) is 1. The van der Waals surface area contributed by atoms with Gasteiger partial charge >= 0.3 is 5.97 Å². The minimum absolute atomic E-state index is 0.161. The maximum Gasteiger partial charge on any atom is 0.303 e. The summed E-state index contributed by atoms with van der Waals surface area (Å²) < 4.78 is 29.3. The van der Waals surface area contributed by atoms with E-state index >= 15 is 0 Å². The maximum absolute atomic E-state index is 13.5. The summed E-state index contributed by atoms with van der Waals surface area (Å²) in [5.74, 6) is -0.132. The van der Waals surface area contributed by atoms with Crippen LogP contribution in [-0.2, 0) is 11.3 Å². The largest absolute Gasteiger partial charge is 0.493 e. The number of benzene rings is 2. The zero-order chi connectivity index (χ0) is 26.1. The van der Waals surface area contributed by atoms with E-state index in [9.17, 15) is 9.59 Å². The zero-order valence-electron chi connectivity index (χ0n) is 21.7. The summed E-state index contributed by atoms with van der Waals surface area (Å²) >= 11 is 0. The molecule has 2 aromatic carbocycles. The van der Waals surface area contributed by atoms with E-state index in [2.05, 4.69) is 0 Å². The first-order chi connectivity index (χ1) is 17.2. The smallest absolute Gasteiger partial charge is 0.303 e. The monoisotopic (exact) mass is 465 g/mol. The number of carbonyl (C=O) groups excluding carboxylic acids is 1. The molecule has 3 aromatic rings. The molecule has 180 valence electrons. The third kappa shape index (κ3) is 7.24. The van der Waals surface area contributed by atoms with Gasteiger partial charge in [0.1, 0.15) is 11.5 Å². The van der Waals surface area contributed by atoms with Crippen molar-refractivity contribution < 1.29 is 26.6 Å². The average Bonchev–Trinajstić information content (AvgIpc) is 3.38. The highest BCUT2D eigenvalue weighted by molar-refractivity contribution is 5.94. The number of para-hydroxylation sites is 1. The third-order valence-electron chi connectivity index (χ3n) is 5.34. The highest BCUT2D eigenvalue weighted by atomic mass is 16.5. The molecule has 34 heavy (non-hydrogen) atoms. The van der Waals surface area contributed by atoms with Crippen LogP contribution in [0.2, 0.25) is 0 Å². The number of furan rings is 1. The van der Waals surface area contributed by atoms with Crippen molar-refractivity contribution in [2.45, 2.75) is 58.5 Å². The minimum atomic E-state index is -2.12. The molecule has 0 fully saturated rings. The molecule has 6 nitrogen and oxygen atoms in total. The second-order valence-electron chi connectivity index (χ2n) is 8.34. The number of hydrogen-bond acceptors (Lipinski definition) is 4. The van der Waals surface area contributed by atoms with Gasteiger partial charge in [0.25, 0.3) is 5.91 Å².